The average molecular weight is 402 g/mol. The number of carboxylic acids is 1. The zero-order valence-corrected chi connectivity index (χ0v) is 15.6. The number of phenols is 1. The Kier molecular flexibility index (Phi) is 8.16. The van der Waals surface area contributed by atoms with Crippen LogP contribution in [0.5, 0.6) is 5.75 Å². The van der Waals surface area contributed by atoms with Gasteiger partial charge in [-0.3, -0.25) is 4.79 Å². The molecule has 2 aromatic carbocycles. The molecule has 29 heavy (non-hydrogen) atoms. The van der Waals surface area contributed by atoms with Crippen molar-refractivity contribution >= 4 is 19.0 Å². The summed E-state index contributed by atoms with van der Waals surface area (Å²) in [6, 6.07) is 10.8. The van der Waals surface area contributed by atoms with Crippen molar-refractivity contribution in [2.45, 2.75) is 18.9 Å². The molecular formula is C19H23BN2O7. The molecule has 0 heterocycles. The van der Waals surface area contributed by atoms with Gasteiger partial charge < -0.3 is 36.0 Å². The Morgan fingerprint density at radius 3 is 2.48 bits per heavy atom. The molecule has 0 aliphatic rings. The Bertz CT molecular complexity index is 860. The molecule has 154 valence electrons. The van der Waals surface area contributed by atoms with E-state index in [1.807, 2.05) is 0 Å². The van der Waals surface area contributed by atoms with E-state index in [1.54, 1.807) is 24.3 Å². The van der Waals surface area contributed by atoms with Gasteiger partial charge in [-0.05, 0) is 35.7 Å². The molecule has 0 fully saturated rings. The minimum absolute atomic E-state index is 0.00777. The van der Waals surface area contributed by atoms with Gasteiger partial charge in [-0.25, -0.2) is 4.79 Å². The van der Waals surface area contributed by atoms with Crippen molar-refractivity contribution in [3.63, 3.8) is 0 Å². The second-order valence-electron chi connectivity index (χ2n) is 6.42. The van der Waals surface area contributed by atoms with E-state index in [2.05, 4.69) is 10.6 Å². The van der Waals surface area contributed by atoms with Crippen molar-refractivity contribution < 1.29 is 35.0 Å². The van der Waals surface area contributed by atoms with E-state index < -0.39 is 30.7 Å². The Morgan fingerprint density at radius 2 is 1.83 bits per heavy atom. The number of para-hydroxylation sites is 1. The van der Waals surface area contributed by atoms with Crippen LogP contribution in [0.4, 0.5) is 0 Å². The third kappa shape index (κ3) is 6.29. The lowest BCUT2D eigenvalue weighted by atomic mass is 9.75. The lowest BCUT2D eigenvalue weighted by molar-refractivity contribution is 0.0693. The maximum Gasteiger partial charge on any atom is 0.475 e. The molecule has 0 aliphatic carbocycles. The Morgan fingerprint density at radius 1 is 1.10 bits per heavy atom. The van der Waals surface area contributed by atoms with Crippen LogP contribution in [0.2, 0.25) is 0 Å². The lowest BCUT2D eigenvalue weighted by Gasteiger charge is -2.19. The monoisotopic (exact) mass is 402 g/mol. The molecule has 2 aromatic rings. The minimum atomic E-state index is -1.93. The van der Waals surface area contributed by atoms with Gasteiger partial charge in [-0.15, -0.1) is 0 Å². The SMILES string of the molecule is O=C(N[C@@H](Cc1cccc(C(=O)O)c1O)B(O)O)c1cccc(CNCCO)c1. The maximum absolute atomic E-state index is 12.5. The molecule has 10 heteroatoms. The number of aromatic carboxylic acids is 1. The summed E-state index contributed by atoms with van der Waals surface area (Å²) in [5.41, 5.74) is 0.940. The summed E-state index contributed by atoms with van der Waals surface area (Å²) in [5.74, 6) is -3.53. The number of carbonyl (C=O) groups is 2. The zero-order chi connectivity index (χ0) is 21.4. The first-order chi connectivity index (χ1) is 13.8. The molecule has 9 nitrogen and oxygen atoms in total. The highest BCUT2D eigenvalue weighted by atomic mass is 16.4. The fourth-order valence-corrected chi connectivity index (χ4v) is 2.78. The number of rotatable bonds is 10. The molecular weight excluding hydrogens is 379 g/mol. The molecule has 0 unspecified atom stereocenters. The summed E-state index contributed by atoms with van der Waals surface area (Å²) < 4.78 is 0. The van der Waals surface area contributed by atoms with Gasteiger partial charge in [0.25, 0.3) is 5.91 Å². The van der Waals surface area contributed by atoms with Crippen molar-refractivity contribution in [1.82, 2.24) is 10.6 Å². The largest absolute Gasteiger partial charge is 0.507 e. The minimum Gasteiger partial charge on any atom is -0.507 e. The number of hydrogen-bond acceptors (Lipinski definition) is 7. The fraction of sp³-hybridized carbons (Fsp3) is 0.263. The average Bonchev–Trinajstić information content (AvgIpc) is 2.69. The second-order valence-corrected chi connectivity index (χ2v) is 6.42. The van der Waals surface area contributed by atoms with Crippen LogP contribution in [0.3, 0.4) is 0 Å². The van der Waals surface area contributed by atoms with Gasteiger partial charge in [0.05, 0.1) is 12.5 Å². The summed E-state index contributed by atoms with van der Waals surface area (Å²) in [6.07, 6.45) is -0.186. The Balaban J connectivity index is 2.13. The first-order valence-corrected chi connectivity index (χ1v) is 8.95. The lowest BCUT2D eigenvalue weighted by Crippen LogP contribution is -2.48. The van der Waals surface area contributed by atoms with E-state index in [0.29, 0.717) is 18.7 Å². The Labute approximate surface area is 167 Å². The van der Waals surface area contributed by atoms with E-state index >= 15 is 0 Å². The van der Waals surface area contributed by atoms with Crippen LogP contribution >= 0.6 is 0 Å². The standard InChI is InChI=1S/C19H23BN2O7/c23-8-7-21-11-12-3-1-5-14(9-12)18(25)22-16(20(28)29)10-13-4-2-6-15(17(13)24)19(26)27/h1-6,9,16,21,23-24,28-29H,7-8,10-11H2,(H,22,25)(H,26,27)/t16-/m0/s1. The van der Waals surface area contributed by atoms with Gasteiger partial charge in [0.1, 0.15) is 11.3 Å². The topological polar surface area (TPSA) is 159 Å². The van der Waals surface area contributed by atoms with Gasteiger partial charge in [-0.2, -0.15) is 0 Å². The molecule has 1 atom stereocenters. The number of aromatic hydroxyl groups is 1. The number of benzene rings is 2. The van der Waals surface area contributed by atoms with Crippen molar-refractivity contribution in [3.8, 4) is 5.75 Å². The highest BCUT2D eigenvalue weighted by molar-refractivity contribution is 6.43. The first kappa shape index (κ1) is 22.4. The third-order valence-corrected chi connectivity index (χ3v) is 4.27. The molecule has 0 saturated heterocycles. The quantitative estimate of drug-likeness (QED) is 0.207. The van der Waals surface area contributed by atoms with Gasteiger partial charge >= 0.3 is 13.1 Å². The van der Waals surface area contributed by atoms with Crippen LogP contribution in [0.15, 0.2) is 42.5 Å². The second kappa shape index (κ2) is 10.6. The maximum atomic E-state index is 12.5. The molecule has 7 N–H and O–H groups in total. The van der Waals surface area contributed by atoms with Gasteiger partial charge in [-0.1, -0.05) is 24.3 Å². The summed E-state index contributed by atoms with van der Waals surface area (Å²) in [6.45, 7) is 0.851. The third-order valence-electron chi connectivity index (χ3n) is 4.27. The van der Waals surface area contributed by atoms with Crippen LogP contribution in [-0.2, 0) is 13.0 Å². The van der Waals surface area contributed by atoms with E-state index in [1.165, 1.54) is 18.2 Å². The van der Waals surface area contributed by atoms with Crippen molar-refractivity contribution in [3.05, 3.63) is 64.7 Å². The van der Waals surface area contributed by atoms with E-state index in [-0.39, 0.29) is 24.2 Å². The highest BCUT2D eigenvalue weighted by Gasteiger charge is 2.28. The summed E-state index contributed by atoms with van der Waals surface area (Å²) in [4.78, 5) is 23.7. The van der Waals surface area contributed by atoms with Crippen molar-refractivity contribution in [2.75, 3.05) is 13.2 Å². The van der Waals surface area contributed by atoms with E-state index in [9.17, 15) is 24.7 Å². The molecule has 0 aliphatic heterocycles. The van der Waals surface area contributed by atoms with Gasteiger partial charge in [0.15, 0.2) is 0 Å². The number of aliphatic hydroxyl groups is 1. The molecule has 0 radical (unpaired) electrons. The first-order valence-electron chi connectivity index (χ1n) is 8.95. The zero-order valence-electron chi connectivity index (χ0n) is 15.6. The number of amides is 1. The molecule has 0 bridgehead atoms. The fourth-order valence-electron chi connectivity index (χ4n) is 2.78. The number of aliphatic hydroxyl groups excluding tert-OH is 1. The van der Waals surface area contributed by atoms with Gasteiger partial charge in [0.2, 0.25) is 0 Å². The predicted octanol–water partition coefficient (Wildman–Crippen LogP) is -0.475. The normalized spacial score (nSPS) is 11.7. The highest BCUT2D eigenvalue weighted by Crippen LogP contribution is 2.24. The van der Waals surface area contributed by atoms with Crippen molar-refractivity contribution in [2.24, 2.45) is 0 Å². The van der Waals surface area contributed by atoms with E-state index in [0.717, 1.165) is 5.56 Å². The number of carbonyl (C=O) groups excluding carboxylic acids is 1. The summed E-state index contributed by atoms with van der Waals surface area (Å²) in [5, 5.41) is 52.8. The molecule has 0 saturated carbocycles. The summed E-state index contributed by atoms with van der Waals surface area (Å²) in [7, 11) is -1.93. The summed E-state index contributed by atoms with van der Waals surface area (Å²) >= 11 is 0. The van der Waals surface area contributed by atoms with Crippen LogP contribution in [0.1, 0.15) is 31.8 Å². The smallest absolute Gasteiger partial charge is 0.475 e. The molecule has 1 amide bonds. The van der Waals surface area contributed by atoms with Crippen molar-refractivity contribution in [1.29, 1.82) is 0 Å². The molecule has 0 aromatic heterocycles. The molecule has 2 rings (SSSR count). The van der Waals surface area contributed by atoms with Crippen LogP contribution in [-0.4, -0.2) is 63.5 Å². The van der Waals surface area contributed by atoms with Gasteiger partial charge in [0, 0.05) is 18.7 Å². The number of nitrogens with one attached hydrogen (secondary N) is 2. The van der Waals surface area contributed by atoms with Crippen LogP contribution in [0, 0.1) is 0 Å². The predicted molar refractivity (Wildman–Crippen MR) is 105 cm³/mol. The van der Waals surface area contributed by atoms with E-state index in [4.69, 9.17) is 10.2 Å². The number of hydrogen-bond donors (Lipinski definition) is 7. The van der Waals surface area contributed by atoms with Crippen LogP contribution in [0.25, 0.3) is 0 Å². The number of carboxylic acid groups (broad SMARTS) is 1. The molecule has 0 spiro atoms. The Hall–Kier alpha value is -2.92. The van der Waals surface area contributed by atoms with Crippen LogP contribution < -0.4 is 10.6 Å².